The van der Waals surface area contributed by atoms with Crippen molar-refractivity contribution in [1.82, 2.24) is 15.1 Å². The summed E-state index contributed by atoms with van der Waals surface area (Å²) in [5.74, 6) is 0.397. The topological polar surface area (TPSA) is 82.2 Å². The minimum atomic E-state index is -0.0429. The van der Waals surface area contributed by atoms with Crippen molar-refractivity contribution in [2.75, 3.05) is 25.5 Å². The summed E-state index contributed by atoms with van der Waals surface area (Å²) in [6.45, 7) is 2.48. The summed E-state index contributed by atoms with van der Waals surface area (Å²) in [6, 6.07) is 0. The molecule has 0 spiro atoms. The highest BCUT2D eigenvalue weighted by Crippen LogP contribution is 2.11. The summed E-state index contributed by atoms with van der Waals surface area (Å²) in [4.78, 5) is 11.6. The van der Waals surface area contributed by atoms with Crippen molar-refractivity contribution in [1.29, 1.82) is 0 Å². The molecule has 1 saturated heterocycles. The van der Waals surface area contributed by atoms with Crippen LogP contribution in [0.2, 0.25) is 0 Å². The van der Waals surface area contributed by atoms with Crippen molar-refractivity contribution < 1.29 is 9.53 Å². The Morgan fingerprint density at radius 3 is 3.24 bits per heavy atom. The number of aromatic nitrogens is 2. The Hall–Kier alpha value is -1.56. The minimum Gasteiger partial charge on any atom is -0.396 e. The van der Waals surface area contributed by atoms with Gasteiger partial charge in [-0.3, -0.25) is 9.48 Å². The number of rotatable bonds is 4. The second-order valence-electron chi connectivity index (χ2n) is 4.36. The first-order chi connectivity index (χ1) is 8.24. The highest BCUT2D eigenvalue weighted by Gasteiger charge is 2.14. The molecule has 0 saturated carbocycles. The zero-order valence-corrected chi connectivity index (χ0v) is 9.76. The predicted octanol–water partition coefficient (Wildman–Crippen LogP) is 0.00810. The van der Waals surface area contributed by atoms with E-state index in [9.17, 15) is 4.79 Å². The van der Waals surface area contributed by atoms with Crippen molar-refractivity contribution in [3.05, 3.63) is 12.4 Å². The number of hydrogen-bond donors (Lipinski definition) is 2. The maximum absolute atomic E-state index is 11.6. The molecule has 1 fully saturated rings. The van der Waals surface area contributed by atoms with Gasteiger partial charge in [0.1, 0.15) is 6.54 Å². The molecule has 1 aromatic heterocycles. The molecule has 17 heavy (non-hydrogen) atoms. The molecule has 1 aliphatic heterocycles. The third-order valence-corrected chi connectivity index (χ3v) is 2.80. The lowest BCUT2D eigenvalue weighted by atomic mass is 10.0. The molecular formula is C11H18N4O2. The van der Waals surface area contributed by atoms with Crippen molar-refractivity contribution in [2.45, 2.75) is 19.4 Å². The van der Waals surface area contributed by atoms with Crippen LogP contribution in [-0.4, -0.2) is 35.4 Å². The third-order valence-electron chi connectivity index (χ3n) is 2.80. The second-order valence-corrected chi connectivity index (χ2v) is 4.36. The summed E-state index contributed by atoms with van der Waals surface area (Å²) in [5.41, 5.74) is 6.08. The monoisotopic (exact) mass is 238 g/mol. The lowest BCUT2D eigenvalue weighted by molar-refractivity contribution is -0.122. The quantitative estimate of drug-likeness (QED) is 0.774. The number of ether oxygens (including phenoxy) is 1. The van der Waals surface area contributed by atoms with Crippen molar-refractivity contribution in [3.8, 4) is 0 Å². The molecule has 2 heterocycles. The van der Waals surface area contributed by atoms with E-state index in [1.165, 1.54) is 10.9 Å². The van der Waals surface area contributed by atoms with Gasteiger partial charge in [0.25, 0.3) is 0 Å². The first-order valence-electron chi connectivity index (χ1n) is 5.86. The summed E-state index contributed by atoms with van der Waals surface area (Å²) >= 11 is 0. The van der Waals surface area contributed by atoms with E-state index >= 15 is 0 Å². The summed E-state index contributed by atoms with van der Waals surface area (Å²) < 4.78 is 6.88. The first-order valence-corrected chi connectivity index (χ1v) is 5.86. The number of amides is 1. The van der Waals surface area contributed by atoms with Crippen LogP contribution in [0.15, 0.2) is 12.4 Å². The molecule has 6 heteroatoms. The number of carbonyl (C=O) groups excluding carboxylic acids is 1. The molecule has 94 valence electrons. The van der Waals surface area contributed by atoms with Gasteiger partial charge in [0.2, 0.25) is 5.91 Å². The van der Waals surface area contributed by atoms with Gasteiger partial charge in [0.05, 0.1) is 18.5 Å². The molecule has 1 aliphatic rings. The molecule has 0 bridgehead atoms. The number of anilines is 1. The van der Waals surface area contributed by atoms with E-state index in [2.05, 4.69) is 10.4 Å². The lowest BCUT2D eigenvalue weighted by Gasteiger charge is -2.22. The van der Waals surface area contributed by atoms with E-state index in [1.807, 2.05) is 0 Å². The highest BCUT2D eigenvalue weighted by molar-refractivity contribution is 5.75. The van der Waals surface area contributed by atoms with Crippen LogP contribution < -0.4 is 11.1 Å². The maximum atomic E-state index is 11.6. The Kier molecular flexibility index (Phi) is 3.98. The van der Waals surface area contributed by atoms with Gasteiger partial charge in [-0.25, -0.2) is 0 Å². The van der Waals surface area contributed by atoms with E-state index in [0.717, 1.165) is 26.1 Å². The van der Waals surface area contributed by atoms with Crippen LogP contribution in [0.4, 0.5) is 5.69 Å². The van der Waals surface area contributed by atoms with E-state index < -0.39 is 0 Å². The maximum Gasteiger partial charge on any atom is 0.241 e. The third kappa shape index (κ3) is 3.74. The fourth-order valence-electron chi connectivity index (χ4n) is 1.90. The number of nitrogens with two attached hydrogens (primary N) is 1. The second kappa shape index (κ2) is 5.67. The van der Waals surface area contributed by atoms with Crippen LogP contribution in [0.1, 0.15) is 12.8 Å². The van der Waals surface area contributed by atoms with E-state index in [-0.39, 0.29) is 12.5 Å². The molecule has 1 atom stereocenters. The molecule has 2 rings (SSSR count). The largest absolute Gasteiger partial charge is 0.396 e. The molecule has 1 unspecified atom stereocenters. The van der Waals surface area contributed by atoms with Gasteiger partial charge in [0, 0.05) is 19.3 Å². The average Bonchev–Trinajstić information content (AvgIpc) is 2.73. The number of nitrogens with zero attached hydrogens (tertiary/aromatic N) is 2. The smallest absolute Gasteiger partial charge is 0.241 e. The number of hydrogen-bond acceptors (Lipinski definition) is 4. The van der Waals surface area contributed by atoms with Gasteiger partial charge in [-0.05, 0) is 18.8 Å². The van der Waals surface area contributed by atoms with Crippen LogP contribution in [0.5, 0.6) is 0 Å². The molecular weight excluding hydrogens is 220 g/mol. The Bertz CT molecular complexity index is 371. The molecule has 1 aromatic rings. The van der Waals surface area contributed by atoms with Crippen molar-refractivity contribution in [3.63, 3.8) is 0 Å². The van der Waals surface area contributed by atoms with E-state index in [0.29, 0.717) is 18.2 Å². The summed E-state index contributed by atoms with van der Waals surface area (Å²) in [7, 11) is 0. The van der Waals surface area contributed by atoms with Gasteiger partial charge in [-0.1, -0.05) is 0 Å². The summed E-state index contributed by atoms with van der Waals surface area (Å²) in [6.07, 6.45) is 5.37. The number of nitrogen functional groups attached to an aromatic ring is 1. The number of carbonyl (C=O) groups is 1. The SMILES string of the molecule is Nc1cnn(CC(=O)NCC2CCCOC2)c1. The average molecular weight is 238 g/mol. The van der Waals surface area contributed by atoms with Crippen LogP contribution in [0.3, 0.4) is 0 Å². The van der Waals surface area contributed by atoms with Gasteiger partial charge in [-0.15, -0.1) is 0 Å². The van der Waals surface area contributed by atoms with Gasteiger partial charge < -0.3 is 15.8 Å². The van der Waals surface area contributed by atoms with Crippen molar-refractivity contribution >= 4 is 11.6 Å². The highest BCUT2D eigenvalue weighted by atomic mass is 16.5. The Morgan fingerprint density at radius 1 is 1.71 bits per heavy atom. The standard InChI is InChI=1S/C11H18N4O2/c12-10-5-14-15(6-10)7-11(16)13-4-9-2-1-3-17-8-9/h5-6,9H,1-4,7-8,12H2,(H,13,16). The predicted molar refractivity (Wildman–Crippen MR) is 63.2 cm³/mol. The van der Waals surface area contributed by atoms with Crippen LogP contribution >= 0.6 is 0 Å². The van der Waals surface area contributed by atoms with Crippen LogP contribution in [-0.2, 0) is 16.1 Å². The molecule has 6 nitrogen and oxygen atoms in total. The zero-order chi connectivity index (χ0) is 12.1. The van der Waals surface area contributed by atoms with Crippen LogP contribution in [0, 0.1) is 5.92 Å². The Morgan fingerprint density at radius 2 is 2.59 bits per heavy atom. The fourth-order valence-corrected chi connectivity index (χ4v) is 1.90. The molecule has 0 aliphatic carbocycles. The minimum absolute atomic E-state index is 0.0429. The lowest BCUT2D eigenvalue weighted by Crippen LogP contribution is -2.35. The fraction of sp³-hybridized carbons (Fsp3) is 0.636. The molecule has 0 aromatic carbocycles. The Labute approximate surface area is 100 Å². The van der Waals surface area contributed by atoms with Gasteiger partial charge in [-0.2, -0.15) is 5.10 Å². The van der Waals surface area contributed by atoms with E-state index in [1.54, 1.807) is 6.20 Å². The van der Waals surface area contributed by atoms with Crippen molar-refractivity contribution in [2.24, 2.45) is 5.92 Å². The first kappa shape index (κ1) is 11.9. The summed E-state index contributed by atoms with van der Waals surface area (Å²) in [5, 5.41) is 6.85. The Balaban J connectivity index is 1.70. The van der Waals surface area contributed by atoms with Crippen LogP contribution in [0.25, 0.3) is 0 Å². The van der Waals surface area contributed by atoms with Gasteiger partial charge >= 0.3 is 0 Å². The molecule has 3 N–H and O–H groups in total. The normalized spacial score (nSPS) is 20.1. The molecule has 1 amide bonds. The van der Waals surface area contributed by atoms with Gasteiger partial charge in [0.15, 0.2) is 0 Å². The van der Waals surface area contributed by atoms with E-state index in [4.69, 9.17) is 10.5 Å². The zero-order valence-electron chi connectivity index (χ0n) is 9.76. The number of nitrogens with one attached hydrogen (secondary N) is 1. The molecule has 0 radical (unpaired) electrons.